The lowest BCUT2D eigenvalue weighted by molar-refractivity contribution is -0.0680. The van der Waals surface area contributed by atoms with Crippen LogP contribution in [0.5, 0.6) is 0 Å². The Labute approximate surface area is 128 Å². The van der Waals surface area contributed by atoms with Gasteiger partial charge in [0, 0.05) is 18.0 Å². The van der Waals surface area contributed by atoms with Crippen molar-refractivity contribution < 1.29 is 17.5 Å². The van der Waals surface area contributed by atoms with Crippen molar-refractivity contribution in [3.63, 3.8) is 0 Å². The number of rotatable bonds is 4. The monoisotopic (exact) mass is 322 g/mol. The van der Waals surface area contributed by atoms with E-state index in [1.54, 1.807) is 31.2 Å². The molecule has 1 aliphatic heterocycles. The fraction of sp³-hybridized carbons (Fsp3) is 0.267. The number of aromatic nitrogens is 1. The molecule has 3 rings (SSSR count). The van der Waals surface area contributed by atoms with Crippen LogP contribution in [0.15, 0.2) is 47.6 Å². The summed E-state index contributed by atoms with van der Waals surface area (Å²) < 4.78 is 47.0. The number of pyridine rings is 1. The Hall–Kier alpha value is -1.83. The lowest BCUT2D eigenvalue weighted by atomic mass is 9.89. The number of nitrogens with zero attached hydrogens (tertiary/aromatic N) is 1. The van der Waals surface area contributed by atoms with Gasteiger partial charge in [-0.2, -0.15) is 4.72 Å². The summed E-state index contributed by atoms with van der Waals surface area (Å²) in [6, 6.07) is 7.71. The highest BCUT2D eigenvalue weighted by molar-refractivity contribution is 7.89. The van der Waals surface area contributed by atoms with Crippen molar-refractivity contribution in [2.45, 2.75) is 17.4 Å². The molecule has 1 aromatic carbocycles. The number of hydrogen-bond acceptors (Lipinski definition) is 4. The highest BCUT2D eigenvalue weighted by Gasteiger charge is 2.45. The fourth-order valence-corrected chi connectivity index (χ4v) is 4.01. The maximum absolute atomic E-state index is 14.1. The van der Waals surface area contributed by atoms with Crippen LogP contribution < -0.4 is 4.72 Å². The lowest BCUT2D eigenvalue weighted by Crippen LogP contribution is -2.59. The van der Waals surface area contributed by atoms with E-state index in [1.165, 1.54) is 18.5 Å². The van der Waals surface area contributed by atoms with Crippen LogP contribution >= 0.6 is 0 Å². The first kappa shape index (κ1) is 15.1. The number of nitrogens with one attached hydrogen (secondary N) is 1. The van der Waals surface area contributed by atoms with Gasteiger partial charge in [0.15, 0.2) is 0 Å². The summed E-state index contributed by atoms with van der Waals surface area (Å²) in [6.07, 6.45) is 2.81. The minimum absolute atomic E-state index is 0.0811. The third-order valence-corrected chi connectivity index (χ3v) is 5.36. The van der Waals surface area contributed by atoms with Crippen LogP contribution in [0.25, 0.3) is 0 Å². The van der Waals surface area contributed by atoms with E-state index in [4.69, 9.17) is 4.74 Å². The topological polar surface area (TPSA) is 68.3 Å². The summed E-state index contributed by atoms with van der Waals surface area (Å²) in [5, 5.41) is 0. The molecule has 7 heteroatoms. The molecule has 2 heterocycles. The maximum atomic E-state index is 14.1. The van der Waals surface area contributed by atoms with E-state index in [0.29, 0.717) is 5.56 Å². The summed E-state index contributed by atoms with van der Waals surface area (Å²) in [6.45, 7) is 1.86. The van der Waals surface area contributed by atoms with Crippen molar-refractivity contribution in [1.82, 2.24) is 9.71 Å². The van der Waals surface area contributed by atoms with Gasteiger partial charge in [0.2, 0.25) is 10.0 Å². The average Bonchev–Trinajstić information content (AvgIpc) is 2.44. The molecule has 2 aromatic rings. The minimum atomic E-state index is -3.83. The van der Waals surface area contributed by atoms with Crippen LogP contribution in [-0.2, 0) is 20.3 Å². The van der Waals surface area contributed by atoms with Crippen molar-refractivity contribution >= 4 is 10.0 Å². The van der Waals surface area contributed by atoms with Gasteiger partial charge in [-0.1, -0.05) is 18.2 Å². The number of hydrogen-bond donors (Lipinski definition) is 1. The molecule has 0 amide bonds. The molecular formula is C15H15FN2O3S. The molecule has 1 fully saturated rings. The van der Waals surface area contributed by atoms with Crippen molar-refractivity contribution in [1.29, 1.82) is 0 Å². The zero-order valence-electron chi connectivity index (χ0n) is 11.9. The number of halogens is 1. The van der Waals surface area contributed by atoms with Crippen LogP contribution in [0.4, 0.5) is 4.39 Å². The van der Waals surface area contributed by atoms with E-state index < -0.39 is 21.4 Å². The molecule has 0 radical (unpaired) electrons. The Morgan fingerprint density at radius 1 is 1.27 bits per heavy atom. The van der Waals surface area contributed by atoms with Crippen LogP contribution in [0.3, 0.4) is 0 Å². The van der Waals surface area contributed by atoms with Gasteiger partial charge >= 0.3 is 0 Å². The summed E-state index contributed by atoms with van der Waals surface area (Å²) in [4.78, 5) is 3.93. The molecule has 0 unspecified atom stereocenters. The summed E-state index contributed by atoms with van der Waals surface area (Å²) in [5.41, 5.74) is -0.218. The Morgan fingerprint density at radius 2 is 2.00 bits per heavy atom. The highest BCUT2D eigenvalue weighted by atomic mass is 32.2. The SMILES string of the molecule is Cc1ccncc1S(=O)(=O)NC1(c2ccccc2F)COC1. The zero-order valence-corrected chi connectivity index (χ0v) is 12.7. The summed E-state index contributed by atoms with van der Waals surface area (Å²) >= 11 is 0. The predicted octanol–water partition coefficient (Wildman–Crippen LogP) is 1.73. The minimum Gasteiger partial charge on any atom is -0.377 e. The summed E-state index contributed by atoms with van der Waals surface area (Å²) in [7, 11) is -3.83. The zero-order chi connectivity index (χ0) is 15.8. The highest BCUT2D eigenvalue weighted by Crippen LogP contribution is 2.33. The smallest absolute Gasteiger partial charge is 0.243 e. The molecule has 1 saturated heterocycles. The van der Waals surface area contributed by atoms with Crippen LogP contribution in [0.2, 0.25) is 0 Å². The molecule has 1 N–H and O–H groups in total. The second kappa shape index (κ2) is 5.42. The van der Waals surface area contributed by atoms with E-state index >= 15 is 0 Å². The molecular weight excluding hydrogens is 307 g/mol. The Morgan fingerprint density at radius 3 is 2.59 bits per heavy atom. The fourth-order valence-electron chi connectivity index (χ4n) is 2.47. The maximum Gasteiger partial charge on any atom is 0.243 e. The Balaban J connectivity index is 2.00. The van der Waals surface area contributed by atoms with Gasteiger partial charge in [-0.3, -0.25) is 4.98 Å². The molecule has 0 atom stereocenters. The third-order valence-electron chi connectivity index (χ3n) is 3.70. The summed E-state index contributed by atoms with van der Waals surface area (Å²) in [5.74, 6) is -0.462. The van der Waals surface area contributed by atoms with Gasteiger partial charge in [-0.05, 0) is 24.6 Å². The van der Waals surface area contributed by atoms with Gasteiger partial charge in [0.25, 0.3) is 0 Å². The first-order valence-electron chi connectivity index (χ1n) is 6.72. The normalized spacial score (nSPS) is 17.0. The van der Waals surface area contributed by atoms with Crippen LogP contribution in [0.1, 0.15) is 11.1 Å². The molecule has 116 valence electrons. The van der Waals surface area contributed by atoms with E-state index in [-0.39, 0.29) is 23.7 Å². The first-order valence-corrected chi connectivity index (χ1v) is 8.20. The van der Waals surface area contributed by atoms with Crippen LogP contribution in [0, 0.1) is 12.7 Å². The van der Waals surface area contributed by atoms with E-state index in [1.807, 2.05) is 0 Å². The van der Waals surface area contributed by atoms with Crippen molar-refractivity contribution in [3.05, 3.63) is 59.7 Å². The molecule has 1 aromatic heterocycles. The average molecular weight is 322 g/mol. The second-order valence-electron chi connectivity index (χ2n) is 5.30. The van der Waals surface area contributed by atoms with Gasteiger partial charge in [0.1, 0.15) is 16.3 Å². The molecule has 22 heavy (non-hydrogen) atoms. The molecule has 0 bridgehead atoms. The molecule has 0 saturated carbocycles. The number of sulfonamides is 1. The van der Waals surface area contributed by atoms with Gasteiger partial charge in [0.05, 0.1) is 13.2 Å². The van der Waals surface area contributed by atoms with Gasteiger partial charge in [-0.15, -0.1) is 0 Å². The molecule has 0 spiro atoms. The van der Waals surface area contributed by atoms with E-state index in [0.717, 1.165) is 0 Å². The van der Waals surface area contributed by atoms with Crippen molar-refractivity contribution in [2.75, 3.05) is 13.2 Å². The second-order valence-corrected chi connectivity index (χ2v) is 6.95. The Bertz CT molecular complexity index is 804. The predicted molar refractivity (Wildman–Crippen MR) is 78.2 cm³/mol. The van der Waals surface area contributed by atoms with Crippen molar-refractivity contribution in [2.24, 2.45) is 0 Å². The first-order chi connectivity index (χ1) is 10.4. The van der Waals surface area contributed by atoms with E-state index in [9.17, 15) is 12.8 Å². The Kier molecular flexibility index (Phi) is 3.72. The third kappa shape index (κ3) is 2.51. The molecule has 1 aliphatic rings. The largest absolute Gasteiger partial charge is 0.377 e. The van der Waals surface area contributed by atoms with E-state index in [2.05, 4.69) is 9.71 Å². The van der Waals surface area contributed by atoms with Crippen LogP contribution in [-0.4, -0.2) is 26.6 Å². The molecule has 5 nitrogen and oxygen atoms in total. The molecule has 0 aliphatic carbocycles. The number of benzene rings is 1. The van der Waals surface area contributed by atoms with Gasteiger partial charge < -0.3 is 4.74 Å². The number of ether oxygens (including phenoxy) is 1. The van der Waals surface area contributed by atoms with Crippen molar-refractivity contribution in [3.8, 4) is 0 Å². The standard InChI is InChI=1S/C15H15FN2O3S/c1-11-6-7-17-8-14(11)22(19,20)18-15(9-21-10-15)12-4-2-3-5-13(12)16/h2-8,18H,9-10H2,1H3. The number of aryl methyl sites for hydroxylation is 1. The quantitative estimate of drug-likeness (QED) is 0.931. The lowest BCUT2D eigenvalue weighted by Gasteiger charge is -2.42. The van der Waals surface area contributed by atoms with Gasteiger partial charge in [-0.25, -0.2) is 12.8 Å².